The number of aliphatic hydroxyl groups is 1. The molecule has 244 valence electrons. The summed E-state index contributed by atoms with van der Waals surface area (Å²) in [6, 6.07) is 13.1. The Morgan fingerprint density at radius 1 is 0.891 bits per heavy atom. The smallest absolute Gasteiger partial charge is 0.383 e. The lowest BCUT2D eigenvalue weighted by Crippen LogP contribution is -2.65. The highest BCUT2D eigenvalue weighted by Crippen LogP contribution is 2.70. The Morgan fingerprint density at radius 2 is 1.52 bits per heavy atom. The van der Waals surface area contributed by atoms with Crippen LogP contribution in [0, 0.1) is 17.3 Å². The van der Waals surface area contributed by atoms with Crippen molar-refractivity contribution in [1.82, 2.24) is 0 Å². The van der Waals surface area contributed by atoms with Gasteiger partial charge in [0.05, 0.1) is 0 Å². The van der Waals surface area contributed by atoms with Crippen LogP contribution in [0.25, 0.3) is 0 Å². The average molecular weight is 643 g/mol. The van der Waals surface area contributed by atoms with E-state index in [-0.39, 0.29) is 30.4 Å². The van der Waals surface area contributed by atoms with Crippen molar-refractivity contribution in [1.29, 1.82) is 0 Å². The Kier molecular flexibility index (Phi) is 7.77. The van der Waals surface area contributed by atoms with E-state index in [0.717, 1.165) is 16.7 Å². The molecule has 2 saturated carbocycles. The molecule has 0 radical (unpaired) electrons. The van der Waals surface area contributed by atoms with Gasteiger partial charge in [0.1, 0.15) is 5.60 Å². The summed E-state index contributed by atoms with van der Waals surface area (Å²) in [7, 11) is 0. The van der Waals surface area contributed by atoms with E-state index in [1.165, 1.54) is 13.8 Å². The molecule has 6 nitrogen and oxygen atoms in total. The predicted molar refractivity (Wildman–Crippen MR) is 161 cm³/mol. The van der Waals surface area contributed by atoms with Gasteiger partial charge in [-0.15, -0.1) is 0 Å². The summed E-state index contributed by atoms with van der Waals surface area (Å²) in [5.74, 6) is -7.46. The van der Waals surface area contributed by atoms with Gasteiger partial charge in [0, 0.05) is 41.6 Å². The first-order valence-electron chi connectivity index (χ1n) is 15.5. The number of hydrogen-bond acceptors (Lipinski definition) is 4. The van der Waals surface area contributed by atoms with E-state index >= 15 is 8.78 Å². The molecule has 4 aliphatic rings. The summed E-state index contributed by atoms with van der Waals surface area (Å²) in [6.07, 6.45) is -3.27. The highest BCUT2D eigenvalue weighted by atomic mass is 19.4. The second kappa shape index (κ2) is 11.1. The standard InChI is InChI=1S/C35H35F5N2O4/c1-19(43)41-23-8-10-24(11-9-23)42-31(45)21-5-3-20(4-6-21)28-18-32(2)29(15-16-33(32,46)34(36,37)35(38,39)40)27-13-7-22-17-25(44)12-14-26(22)30(27)28/h3-6,8-11,17,27-29,46H,7,12-16,18H2,1-2H3,(H,41,43)(H,42,45)/t27?,28-,29?,32+,33-/m1/s1. The summed E-state index contributed by atoms with van der Waals surface area (Å²) in [6.45, 7) is 2.77. The molecule has 4 aliphatic carbocycles. The molecule has 3 N–H and O–H groups in total. The molecule has 0 heterocycles. The number of halogens is 5. The molecule has 2 amide bonds. The quantitative estimate of drug-likeness (QED) is 0.291. The number of nitrogens with one attached hydrogen (secondary N) is 2. The minimum absolute atomic E-state index is 0.00943. The normalized spacial score (nSPS) is 29.3. The number of carbonyl (C=O) groups is 3. The Labute approximate surface area is 263 Å². The second-order valence-corrected chi connectivity index (χ2v) is 13.3. The zero-order chi connectivity index (χ0) is 33.2. The molecule has 6 rings (SSSR count). The van der Waals surface area contributed by atoms with Crippen LogP contribution in [-0.2, 0) is 9.59 Å². The van der Waals surface area contributed by atoms with Crippen LogP contribution in [-0.4, -0.2) is 40.4 Å². The molecule has 2 aromatic carbocycles. The molecule has 0 bridgehead atoms. The fourth-order valence-electron chi connectivity index (χ4n) is 8.62. The summed E-state index contributed by atoms with van der Waals surface area (Å²) < 4.78 is 71.8. The molecule has 0 spiro atoms. The van der Waals surface area contributed by atoms with E-state index in [9.17, 15) is 32.7 Å². The van der Waals surface area contributed by atoms with E-state index in [1.807, 2.05) is 0 Å². The van der Waals surface area contributed by atoms with Crippen molar-refractivity contribution in [2.24, 2.45) is 17.3 Å². The fourth-order valence-corrected chi connectivity index (χ4v) is 8.62. The maximum Gasteiger partial charge on any atom is 0.456 e. The highest BCUT2D eigenvalue weighted by molar-refractivity contribution is 6.04. The lowest BCUT2D eigenvalue weighted by atomic mass is 9.50. The number of rotatable bonds is 5. The Balaban J connectivity index is 1.36. The Hall–Kier alpha value is -3.86. The molecule has 2 fully saturated rings. The number of benzene rings is 2. The number of ketones is 1. The van der Waals surface area contributed by atoms with Crippen LogP contribution in [0.4, 0.5) is 33.3 Å². The number of alkyl halides is 5. The van der Waals surface area contributed by atoms with Gasteiger partial charge < -0.3 is 15.7 Å². The monoisotopic (exact) mass is 642 g/mol. The van der Waals surface area contributed by atoms with Gasteiger partial charge in [0.25, 0.3) is 5.91 Å². The van der Waals surface area contributed by atoms with Crippen LogP contribution in [0.15, 0.2) is 71.3 Å². The first-order valence-corrected chi connectivity index (χ1v) is 15.5. The van der Waals surface area contributed by atoms with Crippen LogP contribution in [0.5, 0.6) is 0 Å². The fraction of sp³-hybridized carbons (Fsp3) is 0.457. The number of amides is 2. The molecule has 11 heteroatoms. The van der Waals surface area contributed by atoms with Gasteiger partial charge >= 0.3 is 12.1 Å². The third kappa shape index (κ3) is 5.07. The summed E-state index contributed by atoms with van der Waals surface area (Å²) >= 11 is 0. The van der Waals surface area contributed by atoms with E-state index < -0.39 is 47.3 Å². The highest BCUT2D eigenvalue weighted by Gasteiger charge is 2.79. The van der Waals surface area contributed by atoms with Gasteiger partial charge in [-0.1, -0.05) is 24.6 Å². The minimum Gasteiger partial charge on any atom is -0.383 e. The van der Waals surface area contributed by atoms with E-state index in [2.05, 4.69) is 10.6 Å². The van der Waals surface area contributed by atoms with Crippen molar-refractivity contribution in [3.05, 3.63) is 82.5 Å². The molecule has 0 aliphatic heterocycles. The first-order chi connectivity index (χ1) is 21.6. The minimum atomic E-state index is -5.92. The summed E-state index contributed by atoms with van der Waals surface area (Å²) in [5.41, 5.74) is -0.203. The van der Waals surface area contributed by atoms with Gasteiger partial charge in [-0.2, -0.15) is 22.0 Å². The summed E-state index contributed by atoms with van der Waals surface area (Å²) in [4.78, 5) is 36.6. The topological polar surface area (TPSA) is 95.5 Å². The second-order valence-electron chi connectivity index (χ2n) is 13.3. The SMILES string of the molecule is CC(=O)Nc1ccc(NC(=O)c2ccc([C@H]3C[C@@]4(C)C(CC[C@]4(O)C(F)(F)C(F)(F)F)C4CCC5=CC(=O)CCC5=C43)cc2)cc1. The van der Waals surface area contributed by atoms with Crippen molar-refractivity contribution in [2.75, 3.05) is 10.6 Å². The maximum atomic E-state index is 15.2. The van der Waals surface area contributed by atoms with Gasteiger partial charge in [-0.3, -0.25) is 14.4 Å². The largest absolute Gasteiger partial charge is 0.456 e. The number of allylic oxidation sites excluding steroid dienone is 4. The molecular weight excluding hydrogens is 607 g/mol. The van der Waals surface area contributed by atoms with Gasteiger partial charge in [0.15, 0.2) is 5.78 Å². The van der Waals surface area contributed by atoms with Crippen LogP contribution in [0.3, 0.4) is 0 Å². The molecule has 0 saturated heterocycles. The lowest BCUT2D eigenvalue weighted by Gasteiger charge is -2.56. The van der Waals surface area contributed by atoms with Gasteiger partial charge in [-0.05, 0) is 110 Å². The van der Waals surface area contributed by atoms with E-state index in [4.69, 9.17) is 0 Å². The van der Waals surface area contributed by atoms with E-state index in [1.54, 1.807) is 54.6 Å². The zero-order valence-corrected chi connectivity index (χ0v) is 25.4. The number of fused-ring (bicyclic) bond motifs is 4. The molecule has 2 aromatic rings. The molecule has 46 heavy (non-hydrogen) atoms. The Morgan fingerprint density at radius 3 is 2.13 bits per heavy atom. The first kappa shape index (κ1) is 32.1. The molecule has 2 unspecified atom stereocenters. The molecule has 5 atom stereocenters. The maximum absolute atomic E-state index is 15.2. The number of carbonyl (C=O) groups excluding carboxylic acids is 3. The van der Waals surface area contributed by atoms with Crippen molar-refractivity contribution >= 4 is 29.0 Å². The van der Waals surface area contributed by atoms with Gasteiger partial charge in [0.2, 0.25) is 5.91 Å². The van der Waals surface area contributed by atoms with Crippen molar-refractivity contribution in [3.8, 4) is 0 Å². The zero-order valence-electron chi connectivity index (χ0n) is 25.4. The third-order valence-electron chi connectivity index (χ3n) is 10.8. The van der Waals surface area contributed by atoms with Crippen molar-refractivity contribution < 1.29 is 41.4 Å². The van der Waals surface area contributed by atoms with Crippen LogP contribution in [0.2, 0.25) is 0 Å². The number of anilines is 2. The molecule has 0 aromatic heterocycles. The Bertz CT molecular complexity index is 1650. The van der Waals surface area contributed by atoms with E-state index in [0.29, 0.717) is 48.2 Å². The van der Waals surface area contributed by atoms with Crippen LogP contribution >= 0.6 is 0 Å². The third-order valence-corrected chi connectivity index (χ3v) is 10.8. The summed E-state index contributed by atoms with van der Waals surface area (Å²) in [5, 5.41) is 16.9. The van der Waals surface area contributed by atoms with Crippen LogP contribution in [0.1, 0.15) is 80.6 Å². The predicted octanol–water partition coefficient (Wildman–Crippen LogP) is 7.73. The number of hydrogen-bond donors (Lipinski definition) is 3. The van der Waals surface area contributed by atoms with Crippen LogP contribution < -0.4 is 10.6 Å². The van der Waals surface area contributed by atoms with Crippen molar-refractivity contribution in [2.45, 2.75) is 82.4 Å². The molecular formula is C35H35F5N2O4. The van der Waals surface area contributed by atoms with Gasteiger partial charge in [-0.25, -0.2) is 0 Å². The average Bonchev–Trinajstić information content (AvgIpc) is 3.28. The van der Waals surface area contributed by atoms with Crippen molar-refractivity contribution in [3.63, 3.8) is 0 Å². The lowest BCUT2D eigenvalue weighted by molar-refractivity contribution is -0.362.